The molecule has 2 atom stereocenters. The van der Waals surface area contributed by atoms with Crippen LogP contribution in [0.15, 0.2) is 78.9 Å². The third kappa shape index (κ3) is 11.8. The number of ether oxygens (including phenoxy) is 3. The molecule has 0 unspecified atom stereocenters. The van der Waals surface area contributed by atoms with Crippen LogP contribution < -0.4 is 20.1 Å². The Morgan fingerprint density at radius 3 is 2.21 bits per heavy atom. The highest BCUT2D eigenvalue weighted by Crippen LogP contribution is 2.23. The molecule has 0 aromatic heterocycles. The molecule has 0 radical (unpaired) electrons. The summed E-state index contributed by atoms with van der Waals surface area (Å²) in [5.74, 6) is -1.05. The monoisotopic (exact) mass is 770 g/mol. The predicted octanol–water partition coefficient (Wildman–Crippen LogP) is 2.48. The van der Waals surface area contributed by atoms with Crippen molar-refractivity contribution in [1.82, 2.24) is 30.2 Å². The lowest BCUT2D eigenvalue weighted by Crippen LogP contribution is -2.55. The molecule has 0 aliphatic carbocycles. The van der Waals surface area contributed by atoms with Crippen molar-refractivity contribution >= 4 is 29.5 Å². The Morgan fingerprint density at radius 2 is 1.50 bits per heavy atom. The number of likely N-dealkylation sites (N-methyl/N-ethyl adjacent to an activating group) is 2. The van der Waals surface area contributed by atoms with Crippen molar-refractivity contribution in [3.8, 4) is 11.5 Å². The Hall–Kier alpha value is -5.47. The first kappa shape index (κ1) is 41.7. The number of nitrogens with one attached hydrogen (secondary N) is 2. The number of fused-ring (bicyclic) bond motifs is 2. The predicted molar refractivity (Wildman–Crippen MR) is 211 cm³/mol. The van der Waals surface area contributed by atoms with Crippen LogP contribution in [0.2, 0.25) is 0 Å². The van der Waals surface area contributed by atoms with Crippen LogP contribution in [0.1, 0.15) is 45.5 Å². The lowest BCUT2D eigenvalue weighted by Gasteiger charge is -2.36. The van der Waals surface area contributed by atoms with Crippen molar-refractivity contribution in [2.24, 2.45) is 0 Å². The number of carbonyl (C=O) groups excluding carboxylic acids is 5. The molecule has 2 aliphatic heterocycles. The van der Waals surface area contributed by atoms with E-state index in [9.17, 15) is 24.0 Å². The van der Waals surface area contributed by atoms with Gasteiger partial charge in [-0.2, -0.15) is 0 Å². The van der Waals surface area contributed by atoms with Crippen molar-refractivity contribution in [3.05, 3.63) is 95.6 Å². The van der Waals surface area contributed by atoms with Crippen molar-refractivity contribution in [1.29, 1.82) is 0 Å². The van der Waals surface area contributed by atoms with Crippen molar-refractivity contribution in [3.63, 3.8) is 0 Å². The molecule has 2 aliphatic rings. The van der Waals surface area contributed by atoms with E-state index in [2.05, 4.69) is 15.5 Å². The van der Waals surface area contributed by atoms with Crippen LogP contribution in [0, 0.1) is 0 Å². The topological polar surface area (TPSA) is 150 Å². The minimum absolute atomic E-state index is 0.0225. The summed E-state index contributed by atoms with van der Waals surface area (Å²) in [4.78, 5) is 75.3. The fraction of sp³-hybridized carbons (Fsp3) is 0.452. The largest absolute Gasteiger partial charge is 0.493 e. The normalized spacial score (nSPS) is 20.2. The number of para-hydroxylation sites is 2. The molecule has 300 valence electrons. The van der Waals surface area contributed by atoms with Gasteiger partial charge < -0.3 is 39.5 Å². The number of rotatable bonds is 6. The highest BCUT2D eigenvalue weighted by molar-refractivity contribution is 6.00. The molecule has 0 bridgehead atoms. The smallest absolute Gasteiger partial charge is 0.257 e. The zero-order valence-corrected chi connectivity index (χ0v) is 32.6. The molecule has 3 aromatic carbocycles. The molecule has 0 saturated carbocycles. The molecule has 1 saturated heterocycles. The SMILES string of the molecule is COCCN1CCN(C(=O)[C@@H]2CCC(=O)N(C)[C@@H](Cc3ccccc3)COc3ccccc3C(=O)N(C)CC(=O)NCCCOc3ccccc3C(=O)N2)CC1. The molecule has 1 fully saturated rings. The van der Waals surface area contributed by atoms with Crippen LogP contribution in [-0.4, -0.2) is 148 Å². The Labute approximate surface area is 329 Å². The van der Waals surface area contributed by atoms with Crippen molar-refractivity contribution < 1.29 is 38.2 Å². The lowest BCUT2D eigenvalue weighted by atomic mass is 10.0. The van der Waals surface area contributed by atoms with Crippen LogP contribution >= 0.6 is 0 Å². The Balaban J connectivity index is 1.41. The van der Waals surface area contributed by atoms with E-state index in [4.69, 9.17) is 14.2 Å². The Bertz CT molecular complexity index is 1780. The second kappa shape index (κ2) is 21.0. The summed E-state index contributed by atoms with van der Waals surface area (Å²) >= 11 is 0. The number of methoxy groups -OCH3 is 1. The number of benzene rings is 3. The lowest BCUT2D eigenvalue weighted by molar-refractivity contribution is -0.136. The van der Waals surface area contributed by atoms with Crippen LogP contribution in [0.3, 0.4) is 0 Å². The highest BCUT2D eigenvalue weighted by atomic mass is 16.5. The maximum absolute atomic E-state index is 14.1. The van der Waals surface area contributed by atoms with Gasteiger partial charge in [-0.1, -0.05) is 54.6 Å². The second-order valence-electron chi connectivity index (χ2n) is 14.1. The van der Waals surface area contributed by atoms with E-state index < -0.39 is 18.0 Å². The van der Waals surface area contributed by atoms with Crippen molar-refractivity contribution in [2.45, 2.75) is 37.8 Å². The molecule has 14 nitrogen and oxygen atoms in total. The molecular weight excluding hydrogens is 716 g/mol. The minimum Gasteiger partial charge on any atom is -0.493 e. The van der Waals surface area contributed by atoms with E-state index in [1.807, 2.05) is 30.3 Å². The number of amides is 5. The van der Waals surface area contributed by atoms with E-state index in [0.717, 1.165) is 12.1 Å². The highest BCUT2D eigenvalue weighted by Gasteiger charge is 2.31. The maximum atomic E-state index is 14.1. The quantitative estimate of drug-likeness (QED) is 0.386. The summed E-state index contributed by atoms with van der Waals surface area (Å²) in [6.07, 6.45) is 0.948. The third-order valence-corrected chi connectivity index (χ3v) is 10.1. The van der Waals surface area contributed by atoms with Gasteiger partial charge in [-0.25, -0.2) is 0 Å². The Morgan fingerprint density at radius 1 is 0.839 bits per heavy atom. The summed E-state index contributed by atoms with van der Waals surface area (Å²) in [6, 6.07) is 21.9. The summed E-state index contributed by atoms with van der Waals surface area (Å²) in [6.45, 7) is 4.03. The first-order valence-corrected chi connectivity index (χ1v) is 19.2. The first-order chi connectivity index (χ1) is 27.1. The van der Waals surface area contributed by atoms with Gasteiger partial charge in [-0.3, -0.25) is 28.9 Å². The number of piperazine rings is 1. The van der Waals surface area contributed by atoms with Gasteiger partial charge in [0.2, 0.25) is 17.7 Å². The zero-order valence-electron chi connectivity index (χ0n) is 32.6. The van der Waals surface area contributed by atoms with Crippen molar-refractivity contribution in [2.75, 3.05) is 86.8 Å². The molecule has 2 heterocycles. The molecule has 3 aromatic rings. The zero-order chi connectivity index (χ0) is 39.9. The van der Waals surface area contributed by atoms with Gasteiger partial charge in [0.05, 0.1) is 36.9 Å². The fourth-order valence-corrected chi connectivity index (χ4v) is 6.73. The molecule has 5 rings (SSSR count). The van der Waals surface area contributed by atoms with Gasteiger partial charge in [0.25, 0.3) is 11.8 Å². The van der Waals surface area contributed by atoms with E-state index in [1.54, 1.807) is 79.5 Å². The second-order valence-corrected chi connectivity index (χ2v) is 14.1. The van der Waals surface area contributed by atoms with E-state index in [0.29, 0.717) is 57.1 Å². The molecule has 5 amide bonds. The average Bonchev–Trinajstić information content (AvgIpc) is 3.22. The molecular formula is C42H54N6O8. The summed E-state index contributed by atoms with van der Waals surface area (Å²) < 4.78 is 17.5. The summed E-state index contributed by atoms with van der Waals surface area (Å²) in [5.41, 5.74) is 1.52. The number of carbonyl (C=O) groups is 5. The van der Waals surface area contributed by atoms with Gasteiger partial charge in [0, 0.05) is 66.9 Å². The molecule has 56 heavy (non-hydrogen) atoms. The third-order valence-electron chi connectivity index (χ3n) is 10.1. The van der Waals surface area contributed by atoms with Gasteiger partial charge in [0.15, 0.2) is 0 Å². The standard InChI is InChI=1S/C42H54N6O8/c1-45-29-38(49)43-20-11-26-55-36-16-9-7-14-33(36)40(51)44-35(42(53)48-23-21-47(22-24-48)25-27-54-3)18-19-39(50)46(2)32(28-31-12-5-4-6-13-31)30-56-37-17-10-8-15-34(37)41(45)52/h4-10,12-17,32,35H,11,18-30H2,1-3H3,(H,43,49)(H,44,51)/t32-,35-/m0/s1. The van der Waals surface area contributed by atoms with Gasteiger partial charge in [-0.15, -0.1) is 0 Å². The van der Waals surface area contributed by atoms with Crippen LogP contribution in [0.4, 0.5) is 0 Å². The van der Waals surface area contributed by atoms with Crippen LogP contribution in [0.25, 0.3) is 0 Å². The summed E-state index contributed by atoms with van der Waals surface area (Å²) in [7, 11) is 4.91. The first-order valence-electron chi connectivity index (χ1n) is 19.2. The fourth-order valence-electron chi connectivity index (χ4n) is 6.73. The molecule has 2 N–H and O–H groups in total. The average molecular weight is 771 g/mol. The Kier molecular flexibility index (Phi) is 15.6. The maximum Gasteiger partial charge on any atom is 0.257 e. The van der Waals surface area contributed by atoms with Crippen LogP contribution in [-0.2, 0) is 25.5 Å². The van der Waals surface area contributed by atoms with Gasteiger partial charge >= 0.3 is 0 Å². The molecule has 14 heteroatoms. The number of hydrogen-bond donors (Lipinski definition) is 2. The van der Waals surface area contributed by atoms with E-state index in [-0.39, 0.29) is 73.9 Å². The molecule has 0 spiro atoms. The number of hydrogen-bond acceptors (Lipinski definition) is 9. The van der Waals surface area contributed by atoms with E-state index in [1.165, 1.54) is 4.90 Å². The minimum atomic E-state index is -0.978. The van der Waals surface area contributed by atoms with E-state index >= 15 is 0 Å². The van der Waals surface area contributed by atoms with Gasteiger partial charge in [-0.05, 0) is 49.1 Å². The summed E-state index contributed by atoms with van der Waals surface area (Å²) in [5, 5.41) is 5.76. The van der Waals surface area contributed by atoms with Crippen LogP contribution in [0.5, 0.6) is 11.5 Å². The number of nitrogens with zero attached hydrogens (tertiary/aromatic N) is 4. The van der Waals surface area contributed by atoms with Gasteiger partial charge in [0.1, 0.15) is 24.1 Å².